The van der Waals surface area contributed by atoms with Gasteiger partial charge in [-0.05, 0) is 55.3 Å². The fourth-order valence-electron chi connectivity index (χ4n) is 4.24. The molecule has 0 radical (unpaired) electrons. The zero-order valence-electron chi connectivity index (χ0n) is 19.8. The number of benzene rings is 2. The van der Waals surface area contributed by atoms with Gasteiger partial charge in [0.2, 0.25) is 10.0 Å². The van der Waals surface area contributed by atoms with Crippen molar-refractivity contribution in [2.45, 2.75) is 51.1 Å². The van der Waals surface area contributed by atoms with Crippen molar-refractivity contribution in [3.63, 3.8) is 0 Å². The van der Waals surface area contributed by atoms with E-state index in [1.165, 1.54) is 48.4 Å². The summed E-state index contributed by atoms with van der Waals surface area (Å²) in [7, 11) is -2.34. The minimum Gasteiger partial charge on any atom is -0.495 e. The predicted octanol–water partition coefficient (Wildman–Crippen LogP) is 3.64. The number of carbonyl (C=O) groups is 1. The van der Waals surface area contributed by atoms with Crippen LogP contribution in [0.4, 0.5) is 0 Å². The lowest BCUT2D eigenvalue weighted by atomic mass is 10.0. The fourth-order valence-corrected chi connectivity index (χ4v) is 5.88. The highest BCUT2D eigenvalue weighted by Crippen LogP contribution is 2.28. The third-order valence-electron chi connectivity index (χ3n) is 6.15. The van der Waals surface area contributed by atoms with E-state index in [1.54, 1.807) is 19.9 Å². The normalized spacial score (nSPS) is 14.9. The van der Waals surface area contributed by atoms with Crippen molar-refractivity contribution in [3.05, 3.63) is 59.2 Å². The Morgan fingerprint density at radius 3 is 2.33 bits per heavy atom. The first-order valence-electron chi connectivity index (χ1n) is 11.7. The van der Waals surface area contributed by atoms with Gasteiger partial charge in [0.1, 0.15) is 10.6 Å². The average molecular weight is 474 g/mol. The minimum absolute atomic E-state index is 0.00634. The standard InChI is InChI=1S/C25H35N3O4S/c1-4-28(5-2)33(30,31)24-17-20(13-14-23(24)32-3)25(29)26-18-21-11-7-8-12-22(21)19-27-15-9-6-10-16-27/h7-8,11-14,17H,4-6,9-10,15-16,18-19H2,1-3H3,(H,26,29). The summed E-state index contributed by atoms with van der Waals surface area (Å²) < 4.78 is 32.8. The summed E-state index contributed by atoms with van der Waals surface area (Å²) in [6.07, 6.45) is 3.76. The molecule has 0 unspecified atom stereocenters. The molecule has 1 amide bonds. The van der Waals surface area contributed by atoms with Crippen LogP contribution in [-0.2, 0) is 23.1 Å². The molecule has 1 saturated heterocycles. The van der Waals surface area contributed by atoms with E-state index >= 15 is 0 Å². The number of sulfonamides is 1. The van der Waals surface area contributed by atoms with Gasteiger partial charge in [-0.15, -0.1) is 0 Å². The molecular weight excluding hydrogens is 438 g/mol. The molecule has 7 nitrogen and oxygen atoms in total. The lowest BCUT2D eigenvalue weighted by molar-refractivity contribution is 0.0950. The Balaban J connectivity index is 1.76. The number of hydrogen-bond acceptors (Lipinski definition) is 5. The van der Waals surface area contributed by atoms with Gasteiger partial charge in [-0.25, -0.2) is 8.42 Å². The van der Waals surface area contributed by atoms with E-state index in [2.05, 4.69) is 16.3 Å². The van der Waals surface area contributed by atoms with E-state index in [-0.39, 0.29) is 22.1 Å². The Labute approximate surface area is 197 Å². The van der Waals surface area contributed by atoms with Gasteiger partial charge in [0.05, 0.1) is 7.11 Å². The van der Waals surface area contributed by atoms with Crippen LogP contribution in [0.2, 0.25) is 0 Å². The maximum atomic E-state index is 13.1. The van der Waals surface area contributed by atoms with Crippen molar-refractivity contribution in [3.8, 4) is 5.75 Å². The molecule has 0 saturated carbocycles. The summed E-state index contributed by atoms with van der Waals surface area (Å²) in [5.74, 6) is -0.0910. The molecule has 0 spiro atoms. The molecule has 1 aliphatic heterocycles. The zero-order chi connectivity index (χ0) is 23.8. The van der Waals surface area contributed by atoms with E-state index in [9.17, 15) is 13.2 Å². The maximum absolute atomic E-state index is 13.1. The highest BCUT2D eigenvalue weighted by atomic mass is 32.2. The minimum atomic E-state index is -3.77. The van der Waals surface area contributed by atoms with Gasteiger partial charge in [-0.1, -0.05) is 44.5 Å². The molecule has 0 aliphatic carbocycles. The van der Waals surface area contributed by atoms with Gasteiger partial charge in [-0.3, -0.25) is 9.69 Å². The number of rotatable bonds is 10. The molecule has 1 N–H and O–H groups in total. The van der Waals surface area contributed by atoms with E-state index in [4.69, 9.17) is 4.74 Å². The number of hydrogen-bond donors (Lipinski definition) is 1. The molecular formula is C25H35N3O4S. The fraction of sp³-hybridized carbons (Fsp3) is 0.480. The summed E-state index contributed by atoms with van der Waals surface area (Å²) in [6, 6.07) is 12.7. The first-order chi connectivity index (χ1) is 15.9. The Morgan fingerprint density at radius 2 is 1.70 bits per heavy atom. The summed E-state index contributed by atoms with van der Waals surface area (Å²) >= 11 is 0. The lowest BCUT2D eigenvalue weighted by Gasteiger charge is -2.27. The van der Waals surface area contributed by atoms with Crippen molar-refractivity contribution in [2.24, 2.45) is 0 Å². The number of piperidine rings is 1. The van der Waals surface area contributed by atoms with Gasteiger partial charge >= 0.3 is 0 Å². The highest BCUT2D eigenvalue weighted by molar-refractivity contribution is 7.89. The number of ether oxygens (including phenoxy) is 1. The van der Waals surface area contributed by atoms with E-state index in [0.29, 0.717) is 19.6 Å². The lowest BCUT2D eigenvalue weighted by Crippen LogP contribution is -2.31. The second-order valence-electron chi connectivity index (χ2n) is 8.24. The van der Waals surface area contributed by atoms with E-state index in [0.717, 1.165) is 25.2 Å². The van der Waals surface area contributed by atoms with Crippen molar-refractivity contribution >= 4 is 15.9 Å². The van der Waals surface area contributed by atoms with Crippen LogP contribution >= 0.6 is 0 Å². The van der Waals surface area contributed by atoms with Crippen LogP contribution in [-0.4, -0.2) is 56.8 Å². The summed E-state index contributed by atoms with van der Waals surface area (Å²) in [6.45, 7) is 7.72. The molecule has 1 heterocycles. The van der Waals surface area contributed by atoms with Crippen LogP contribution in [0.5, 0.6) is 5.75 Å². The maximum Gasteiger partial charge on any atom is 0.251 e. The molecule has 1 aliphatic rings. The van der Waals surface area contributed by atoms with Crippen LogP contribution in [0, 0.1) is 0 Å². The van der Waals surface area contributed by atoms with Gasteiger partial charge in [0, 0.05) is 31.7 Å². The monoisotopic (exact) mass is 473 g/mol. The first kappa shape index (κ1) is 25.2. The molecule has 2 aromatic rings. The van der Waals surface area contributed by atoms with Crippen LogP contribution in [0.3, 0.4) is 0 Å². The van der Waals surface area contributed by atoms with Crippen LogP contribution in [0.25, 0.3) is 0 Å². The van der Waals surface area contributed by atoms with Crippen LogP contribution in [0.1, 0.15) is 54.6 Å². The summed E-state index contributed by atoms with van der Waals surface area (Å²) in [5, 5.41) is 2.96. The van der Waals surface area contributed by atoms with Crippen LogP contribution < -0.4 is 10.1 Å². The largest absolute Gasteiger partial charge is 0.495 e. The van der Waals surface area contributed by atoms with Gasteiger partial charge in [0.25, 0.3) is 5.91 Å². The average Bonchev–Trinajstić information content (AvgIpc) is 2.84. The van der Waals surface area contributed by atoms with Crippen molar-refractivity contribution < 1.29 is 17.9 Å². The molecule has 0 bridgehead atoms. The number of nitrogens with zero attached hydrogens (tertiary/aromatic N) is 2. The number of nitrogens with one attached hydrogen (secondary N) is 1. The quantitative estimate of drug-likeness (QED) is 0.570. The molecule has 33 heavy (non-hydrogen) atoms. The topological polar surface area (TPSA) is 79.0 Å². The molecule has 1 fully saturated rings. The third-order valence-corrected chi connectivity index (χ3v) is 8.22. The van der Waals surface area contributed by atoms with Crippen molar-refractivity contribution in [1.82, 2.24) is 14.5 Å². The third kappa shape index (κ3) is 6.13. The van der Waals surface area contributed by atoms with Gasteiger partial charge in [0.15, 0.2) is 0 Å². The summed E-state index contributed by atoms with van der Waals surface area (Å²) in [5.41, 5.74) is 2.56. The summed E-state index contributed by atoms with van der Waals surface area (Å²) in [4.78, 5) is 15.4. The van der Waals surface area contributed by atoms with E-state index < -0.39 is 10.0 Å². The molecule has 180 valence electrons. The van der Waals surface area contributed by atoms with Crippen molar-refractivity contribution in [2.75, 3.05) is 33.3 Å². The highest BCUT2D eigenvalue weighted by Gasteiger charge is 2.27. The molecule has 8 heteroatoms. The Bertz CT molecular complexity index is 1050. The Kier molecular flexibility index (Phi) is 8.88. The smallest absolute Gasteiger partial charge is 0.251 e. The number of likely N-dealkylation sites (tertiary alicyclic amines) is 1. The number of methoxy groups -OCH3 is 1. The molecule has 3 rings (SSSR count). The number of carbonyl (C=O) groups excluding carboxylic acids is 1. The SMILES string of the molecule is CCN(CC)S(=O)(=O)c1cc(C(=O)NCc2ccccc2CN2CCCCC2)ccc1OC. The molecule has 0 aromatic heterocycles. The second kappa shape index (κ2) is 11.6. The molecule has 2 aromatic carbocycles. The van der Waals surface area contributed by atoms with Crippen molar-refractivity contribution in [1.29, 1.82) is 0 Å². The molecule has 0 atom stereocenters. The zero-order valence-corrected chi connectivity index (χ0v) is 20.7. The second-order valence-corrected chi connectivity index (χ2v) is 10.1. The Hall–Kier alpha value is -2.42. The van der Waals surface area contributed by atoms with Gasteiger partial charge < -0.3 is 10.1 Å². The predicted molar refractivity (Wildman–Crippen MR) is 130 cm³/mol. The van der Waals surface area contributed by atoms with Crippen LogP contribution in [0.15, 0.2) is 47.4 Å². The van der Waals surface area contributed by atoms with E-state index in [1.807, 2.05) is 18.2 Å². The van der Waals surface area contributed by atoms with Gasteiger partial charge in [-0.2, -0.15) is 4.31 Å². The first-order valence-corrected chi connectivity index (χ1v) is 13.1. The number of amides is 1. The Morgan fingerprint density at radius 1 is 1.03 bits per heavy atom.